The van der Waals surface area contributed by atoms with Gasteiger partial charge in [0, 0.05) is 61.1 Å². The molecular formula is C34H39N7O4. The molecule has 4 N–H and O–H groups in total. The average molecular weight is 610 g/mol. The number of carbonyl (C=O) groups excluding carboxylic acids is 2. The molecule has 0 saturated heterocycles. The molecule has 2 aromatic carbocycles. The Morgan fingerprint density at radius 3 is 2.69 bits per heavy atom. The van der Waals surface area contributed by atoms with Crippen LogP contribution in [0.15, 0.2) is 97.0 Å². The summed E-state index contributed by atoms with van der Waals surface area (Å²) in [6.07, 6.45) is 9.09. The van der Waals surface area contributed by atoms with Gasteiger partial charge in [0.2, 0.25) is 5.91 Å². The van der Waals surface area contributed by atoms with Crippen LogP contribution in [-0.2, 0) is 11.2 Å². The molecule has 2 aliphatic heterocycles. The van der Waals surface area contributed by atoms with Crippen LogP contribution in [0.4, 0.5) is 16.2 Å². The molecule has 3 aromatic rings. The summed E-state index contributed by atoms with van der Waals surface area (Å²) in [5.74, 6) is 0.938. The Morgan fingerprint density at radius 1 is 1.18 bits per heavy atom. The van der Waals surface area contributed by atoms with Gasteiger partial charge in [-0.3, -0.25) is 9.69 Å². The highest BCUT2D eigenvalue weighted by Crippen LogP contribution is 2.29. The maximum Gasteiger partial charge on any atom is 0.323 e. The number of nitrogens with zero attached hydrogens (tertiary/aromatic N) is 4. The Hall–Kier alpha value is -5.00. The second kappa shape index (κ2) is 14.7. The van der Waals surface area contributed by atoms with E-state index in [0.29, 0.717) is 35.1 Å². The Morgan fingerprint density at radius 2 is 1.96 bits per heavy atom. The zero-order valence-electron chi connectivity index (χ0n) is 25.6. The molecule has 11 heteroatoms. The summed E-state index contributed by atoms with van der Waals surface area (Å²) in [7, 11) is 2.02. The molecule has 3 heterocycles. The number of hydrogen-bond donors (Lipinski definition) is 4. The number of aliphatic hydroxyl groups is 1. The topological polar surface area (TPSA) is 132 Å². The molecule has 2 aliphatic rings. The van der Waals surface area contributed by atoms with Crippen LogP contribution in [0.5, 0.6) is 5.75 Å². The number of hydrogen-bond acceptors (Lipinski definition) is 8. The van der Waals surface area contributed by atoms with E-state index in [-0.39, 0.29) is 25.5 Å². The summed E-state index contributed by atoms with van der Waals surface area (Å²) >= 11 is 0. The van der Waals surface area contributed by atoms with Crippen LogP contribution in [0.1, 0.15) is 12.5 Å². The first kappa shape index (κ1) is 31.4. The molecule has 2 atom stereocenters. The number of urea groups is 1. The Balaban J connectivity index is 1.34. The van der Waals surface area contributed by atoms with Crippen molar-refractivity contribution >= 4 is 23.3 Å². The van der Waals surface area contributed by atoms with E-state index in [1.54, 1.807) is 53.7 Å². The van der Waals surface area contributed by atoms with E-state index in [4.69, 9.17) is 4.74 Å². The molecule has 0 fully saturated rings. The number of benzene rings is 2. The van der Waals surface area contributed by atoms with E-state index < -0.39 is 18.2 Å². The molecule has 11 nitrogen and oxygen atoms in total. The molecular weight excluding hydrogens is 570 g/mol. The summed E-state index contributed by atoms with van der Waals surface area (Å²) < 4.78 is 6.54. The first-order valence-corrected chi connectivity index (χ1v) is 14.9. The molecule has 5 rings (SSSR count). The second-order valence-electron chi connectivity index (χ2n) is 11.3. The number of anilines is 2. The minimum atomic E-state index is -0.443. The standard InChI is InChI=1S/C34H39N7O4/c1-23-19-41(24(2)22-42)32(43)18-27-17-29(8-9-30(27)45-31(23)21-40(3)20-25-10-14-35-15-11-25)39-34(44)38-28-7-4-6-26(16-28)33-36-12-5-13-37-33/h4-14,16-17,24,31,35,42H,1,15,18-22H2,2-3H3,(H2,38,39,44)/t24-,31-/m0/s1. The highest BCUT2D eigenvalue weighted by Gasteiger charge is 2.29. The van der Waals surface area contributed by atoms with Crippen molar-refractivity contribution in [3.63, 3.8) is 0 Å². The number of nitrogens with one attached hydrogen (secondary N) is 3. The third-order valence-corrected chi connectivity index (χ3v) is 7.65. The number of likely N-dealkylation sites (N-methyl/N-ethyl adjacent to an activating group) is 1. The first-order valence-electron chi connectivity index (χ1n) is 14.9. The smallest absolute Gasteiger partial charge is 0.323 e. The molecule has 234 valence electrons. The number of rotatable bonds is 9. The Bertz CT molecular complexity index is 1590. The SMILES string of the molecule is C=C1CN([C@@H](C)CO)C(=O)Cc2cc(NC(=O)Nc3cccc(-c4ncccn4)c3)ccc2O[C@H]1CN(C)CC1=CCNC=C1. The van der Waals surface area contributed by atoms with E-state index in [1.165, 1.54) is 5.57 Å². The Kier molecular flexibility index (Phi) is 10.2. The van der Waals surface area contributed by atoms with Crippen LogP contribution < -0.4 is 20.7 Å². The van der Waals surface area contributed by atoms with Gasteiger partial charge in [-0.25, -0.2) is 14.8 Å². The highest BCUT2D eigenvalue weighted by molar-refractivity contribution is 6.00. The van der Waals surface area contributed by atoms with Crippen LogP contribution >= 0.6 is 0 Å². The largest absolute Gasteiger partial charge is 0.484 e. The van der Waals surface area contributed by atoms with Crippen LogP contribution in [-0.4, -0.2) is 88.8 Å². The number of amides is 3. The van der Waals surface area contributed by atoms with Gasteiger partial charge in [-0.1, -0.05) is 24.8 Å². The van der Waals surface area contributed by atoms with Crippen molar-refractivity contribution in [1.82, 2.24) is 25.1 Å². The van der Waals surface area contributed by atoms with Crippen molar-refractivity contribution in [2.75, 3.05) is 50.5 Å². The lowest BCUT2D eigenvalue weighted by Gasteiger charge is -2.31. The highest BCUT2D eigenvalue weighted by atomic mass is 16.5. The van der Waals surface area contributed by atoms with Gasteiger partial charge in [0.15, 0.2) is 5.82 Å². The summed E-state index contributed by atoms with van der Waals surface area (Å²) in [4.78, 5) is 38.8. The number of ether oxygens (including phenoxy) is 1. The molecule has 0 aliphatic carbocycles. The van der Waals surface area contributed by atoms with Crippen molar-refractivity contribution in [1.29, 1.82) is 0 Å². The lowest BCUT2D eigenvalue weighted by atomic mass is 10.1. The Labute approximate surface area is 263 Å². The zero-order chi connectivity index (χ0) is 31.8. The van der Waals surface area contributed by atoms with Gasteiger partial charge in [-0.05, 0) is 73.8 Å². The predicted molar refractivity (Wildman–Crippen MR) is 175 cm³/mol. The fourth-order valence-electron chi connectivity index (χ4n) is 5.23. The van der Waals surface area contributed by atoms with E-state index >= 15 is 0 Å². The summed E-state index contributed by atoms with van der Waals surface area (Å²) in [5.41, 5.74) is 4.42. The average Bonchev–Trinajstić information content (AvgIpc) is 3.09. The quantitative estimate of drug-likeness (QED) is 0.269. The first-order chi connectivity index (χ1) is 21.8. The molecule has 0 bridgehead atoms. The van der Waals surface area contributed by atoms with Gasteiger partial charge in [0.25, 0.3) is 0 Å². The van der Waals surface area contributed by atoms with Gasteiger partial charge < -0.3 is 30.7 Å². The van der Waals surface area contributed by atoms with Crippen molar-refractivity contribution in [3.8, 4) is 17.1 Å². The van der Waals surface area contributed by atoms with E-state index in [9.17, 15) is 14.7 Å². The molecule has 1 aromatic heterocycles. The second-order valence-corrected chi connectivity index (χ2v) is 11.3. The number of fused-ring (bicyclic) bond motifs is 1. The fraction of sp³-hybridized carbons (Fsp3) is 0.294. The van der Waals surface area contributed by atoms with Crippen LogP contribution in [0, 0.1) is 0 Å². The van der Waals surface area contributed by atoms with Crippen LogP contribution in [0.2, 0.25) is 0 Å². The number of dihydropyridines is 1. The minimum Gasteiger partial charge on any atom is -0.484 e. The lowest BCUT2D eigenvalue weighted by molar-refractivity contribution is -0.132. The summed E-state index contributed by atoms with van der Waals surface area (Å²) in [6.45, 7) is 8.26. The normalized spacial score (nSPS) is 17.2. The van der Waals surface area contributed by atoms with E-state index in [1.807, 2.05) is 32.3 Å². The molecule has 0 radical (unpaired) electrons. The predicted octanol–water partition coefficient (Wildman–Crippen LogP) is 3.83. The third kappa shape index (κ3) is 8.34. The van der Waals surface area contributed by atoms with Gasteiger partial charge >= 0.3 is 6.03 Å². The molecule has 0 unspecified atom stereocenters. The summed E-state index contributed by atoms with van der Waals surface area (Å²) in [6, 6.07) is 13.4. The third-order valence-electron chi connectivity index (χ3n) is 7.65. The van der Waals surface area contributed by atoms with E-state index in [0.717, 1.165) is 24.2 Å². The van der Waals surface area contributed by atoms with Gasteiger partial charge in [-0.2, -0.15) is 0 Å². The number of carbonyl (C=O) groups is 2. The number of aliphatic hydroxyl groups excluding tert-OH is 1. The fourth-order valence-corrected chi connectivity index (χ4v) is 5.23. The number of aromatic nitrogens is 2. The maximum atomic E-state index is 13.5. The van der Waals surface area contributed by atoms with Gasteiger partial charge in [-0.15, -0.1) is 0 Å². The monoisotopic (exact) mass is 609 g/mol. The van der Waals surface area contributed by atoms with Crippen molar-refractivity contribution in [2.45, 2.75) is 25.5 Å². The summed E-state index contributed by atoms with van der Waals surface area (Å²) in [5, 5.41) is 18.8. The van der Waals surface area contributed by atoms with Crippen molar-refractivity contribution < 1.29 is 19.4 Å². The van der Waals surface area contributed by atoms with Crippen LogP contribution in [0.3, 0.4) is 0 Å². The maximum absolute atomic E-state index is 13.5. The molecule has 0 saturated carbocycles. The van der Waals surface area contributed by atoms with Gasteiger partial charge in [0.1, 0.15) is 11.9 Å². The molecule has 45 heavy (non-hydrogen) atoms. The molecule has 3 amide bonds. The van der Waals surface area contributed by atoms with Crippen molar-refractivity contribution in [2.24, 2.45) is 0 Å². The van der Waals surface area contributed by atoms with Crippen molar-refractivity contribution in [3.05, 3.63) is 103 Å². The van der Waals surface area contributed by atoms with E-state index in [2.05, 4.69) is 49.5 Å². The van der Waals surface area contributed by atoms with Gasteiger partial charge in [0.05, 0.1) is 19.1 Å². The molecule has 0 spiro atoms. The lowest BCUT2D eigenvalue weighted by Crippen LogP contribution is -2.45. The van der Waals surface area contributed by atoms with Crippen LogP contribution in [0.25, 0.3) is 11.4 Å². The minimum absolute atomic E-state index is 0.0381. The zero-order valence-corrected chi connectivity index (χ0v) is 25.6.